The van der Waals surface area contributed by atoms with E-state index in [4.69, 9.17) is 11.6 Å². The van der Waals surface area contributed by atoms with Gasteiger partial charge in [0.15, 0.2) is 0 Å². The maximum absolute atomic E-state index is 11.6. The monoisotopic (exact) mass is 361 g/mol. The molecule has 0 unspecified atom stereocenters. The van der Waals surface area contributed by atoms with Crippen molar-refractivity contribution in [3.05, 3.63) is 39.0 Å². The van der Waals surface area contributed by atoms with Crippen LogP contribution < -0.4 is 5.32 Å². The number of carbonyl (C=O) groups excluding carboxylic acids is 2. The summed E-state index contributed by atoms with van der Waals surface area (Å²) in [6.07, 6.45) is 1.02. The number of rotatable bonds is 4. The lowest BCUT2D eigenvalue weighted by atomic mass is 10.2. The summed E-state index contributed by atoms with van der Waals surface area (Å²) < 4.78 is 9.83. The van der Waals surface area contributed by atoms with Crippen LogP contribution in [-0.2, 0) is 19.1 Å². The lowest BCUT2D eigenvalue weighted by Gasteiger charge is -2.12. The molecule has 1 rings (SSSR count). The number of nitrogens with one attached hydrogen (secondary N) is 1. The number of halogens is 2. The minimum Gasteiger partial charge on any atom is -0.466 e. The summed E-state index contributed by atoms with van der Waals surface area (Å²) in [6.45, 7) is 1.83. The van der Waals surface area contributed by atoms with E-state index in [0.29, 0.717) is 10.7 Å². The predicted octanol–water partition coefficient (Wildman–Crippen LogP) is 3.05. The van der Waals surface area contributed by atoms with E-state index in [1.807, 2.05) is 6.92 Å². The molecule has 0 aliphatic rings. The highest BCUT2D eigenvalue weighted by molar-refractivity contribution is 9.10. The molecule has 1 aromatic carbocycles. The third kappa shape index (κ3) is 4.25. The SMILES string of the molecule is COC(=O)/C=C(/Nc1cc(Cl)c(Br)cc1C)C(=O)OC. The second-order valence-electron chi connectivity index (χ2n) is 3.78. The third-order valence-electron chi connectivity index (χ3n) is 2.41. The number of anilines is 1. The van der Waals surface area contributed by atoms with Crippen LogP contribution in [0.4, 0.5) is 5.69 Å². The van der Waals surface area contributed by atoms with Gasteiger partial charge in [-0.3, -0.25) is 0 Å². The standard InChI is InChI=1S/C13H13BrClNO4/c1-7-4-8(14)9(15)5-10(7)16-11(13(18)20-3)6-12(17)19-2/h4-6,16H,1-3H3/b11-6+. The van der Waals surface area contributed by atoms with Gasteiger partial charge in [-0.1, -0.05) is 11.6 Å². The Kier molecular flexibility index (Phi) is 6.04. The van der Waals surface area contributed by atoms with E-state index < -0.39 is 11.9 Å². The molecule has 0 atom stereocenters. The van der Waals surface area contributed by atoms with Gasteiger partial charge < -0.3 is 14.8 Å². The van der Waals surface area contributed by atoms with Crippen molar-refractivity contribution in [2.45, 2.75) is 6.92 Å². The molecule has 0 saturated heterocycles. The minimum absolute atomic E-state index is 0.0409. The van der Waals surface area contributed by atoms with Gasteiger partial charge in [-0.15, -0.1) is 0 Å². The van der Waals surface area contributed by atoms with Crippen molar-refractivity contribution < 1.29 is 19.1 Å². The zero-order valence-corrected chi connectivity index (χ0v) is 13.5. The van der Waals surface area contributed by atoms with E-state index in [2.05, 4.69) is 30.7 Å². The normalized spacial score (nSPS) is 10.9. The van der Waals surface area contributed by atoms with Gasteiger partial charge in [-0.05, 0) is 40.5 Å². The average Bonchev–Trinajstić information content (AvgIpc) is 2.42. The molecule has 0 spiro atoms. The lowest BCUT2D eigenvalue weighted by Crippen LogP contribution is -2.16. The lowest BCUT2D eigenvalue weighted by molar-refractivity contribution is -0.138. The molecule has 0 fully saturated rings. The van der Waals surface area contributed by atoms with Crippen molar-refractivity contribution in [3.63, 3.8) is 0 Å². The predicted molar refractivity (Wildman–Crippen MR) is 79.6 cm³/mol. The van der Waals surface area contributed by atoms with Gasteiger partial charge in [0.1, 0.15) is 5.70 Å². The quantitative estimate of drug-likeness (QED) is 0.659. The molecule has 0 aromatic heterocycles. The van der Waals surface area contributed by atoms with E-state index in [1.54, 1.807) is 12.1 Å². The van der Waals surface area contributed by atoms with Crippen LogP contribution in [0.5, 0.6) is 0 Å². The van der Waals surface area contributed by atoms with Gasteiger partial charge in [0.05, 0.1) is 25.3 Å². The van der Waals surface area contributed by atoms with E-state index >= 15 is 0 Å². The van der Waals surface area contributed by atoms with Crippen LogP contribution in [-0.4, -0.2) is 26.2 Å². The first kappa shape index (κ1) is 16.5. The number of methoxy groups -OCH3 is 2. The molecule has 1 N–H and O–H groups in total. The van der Waals surface area contributed by atoms with Crippen molar-refractivity contribution in [2.75, 3.05) is 19.5 Å². The van der Waals surface area contributed by atoms with E-state index in [0.717, 1.165) is 16.1 Å². The second kappa shape index (κ2) is 7.31. The van der Waals surface area contributed by atoms with Crippen LogP contribution in [0.2, 0.25) is 5.02 Å². The van der Waals surface area contributed by atoms with Crippen molar-refractivity contribution >= 4 is 45.2 Å². The molecule has 20 heavy (non-hydrogen) atoms. The second-order valence-corrected chi connectivity index (χ2v) is 5.04. The van der Waals surface area contributed by atoms with Crippen LogP contribution in [0.25, 0.3) is 0 Å². The Balaban J connectivity index is 3.14. The highest BCUT2D eigenvalue weighted by atomic mass is 79.9. The van der Waals surface area contributed by atoms with E-state index in [1.165, 1.54) is 14.2 Å². The summed E-state index contributed by atoms with van der Waals surface area (Å²) in [5.41, 5.74) is 1.38. The summed E-state index contributed by atoms with van der Waals surface area (Å²) in [7, 11) is 2.44. The van der Waals surface area contributed by atoms with Crippen molar-refractivity contribution in [2.24, 2.45) is 0 Å². The fourth-order valence-electron chi connectivity index (χ4n) is 1.36. The van der Waals surface area contributed by atoms with Gasteiger partial charge in [0.2, 0.25) is 0 Å². The van der Waals surface area contributed by atoms with Crippen LogP contribution in [0, 0.1) is 6.92 Å². The number of hydrogen-bond donors (Lipinski definition) is 1. The zero-order valence-electron chi connectivity index (χ0n) is 11.1. The Morgan fingerprint density at radius 2 is 1.95 bits per heavy atom. The van der Waals surface area contributed by atoms with E-state index in [9.17, 15) is 9.59 Å². The summed E-state index contributed by atoms with van der Waals surface area (Å²) in [5.74, 6) is -1.35. The Morgan fingerprint density at radius 1 is 1.30 bits per heavy atom. The first-order chi connectivity index (χ1) is 9.38. The molecule has 0 aliphatic carbocycles. The molecule has 0 saturated carbocycles. The molecule has 5 nitrogen and oxygen atoms in total. The molecule has 0 bridgehead atoms. The third-order valence-corrected chi connectivity index (χ3v) is 3.60. The van der Waals surface area contributed by atoms with Gasteiger partial charge in [0.25, 0.3) is 0 Å². The van der Waals surface area contributed by atoms with Crippen molar-refractivity contribution in [1.29, 1.82) is 0 Å². The maximum atomic E-state index is 11.6. The van der Waals surface area contributed by atoms with Gasteiger partial charge in [0, 0.05) is 10.2 Å². The molecule has 0 heterocycles. The minimum atomic E-state index is -0.686. The van der Waals surface area contributed by atoms with Crippen LogP contribution in [0.1, 0.15) is 5.56 Å². The summed E-state index contributed by atoms with van der Waals surface area (Å²) >= 11 is 9.30. The maximum Gasteiger partial charge on any atom is 0.354 e. The highest BCUT2D eigenvalue weighted by Gasteiger charge is 2.14. The van der Waals surface area contributed by atoms with Gasteiger partial charge in [-0.2, -0.15) is 0 Å². The van der Waals surface area contributed by atoms with Crippen molar-refractivity contribution in [3.8, 4) is 0 Å². The summed E-state index contributed by atoms with van der Waals surface area (Å²) in [4.78, 5) is 22.9. The smallest absolute Gasteiger partial charge is 0.354 e. The Morgan fingerprint density at radius 3 is 2.50 bits per heavy atom. The zero-order chi connectivity index (χ0) is 15.3. The number of aryl methyl sites for hydroxylation is 1. The Bertz CT molecular complexity index is 572. The molecular weight excluding hydrogens is 350 g/mol. The molecule has 108 valence electrons. The molecule has 7 heteroatoms. The molecule has 0 aliphatic heterocycles. The first-order valence-electron chi connectivity index (χ1n) is 5.49. The Hall–Kier alpha value is -1.53. The fourth-order valence-corrected chi connectivity index (χ4v) is 1.98. The Labute approximate surface area is 130 Å². The topological polar surface area (TPSA) is 64.6 Å². The molecule has 0 radical (unpaired) electrons. The fraction of sp³-hybridized carbons (Fsp3) is 0.231. The van der Waals surface area contributed by atoms with Crippen LogP contribution in [0.3, 0.4) is 0 Å². The highest BCUT2D eigenvalue weighted by Crippen LogP contribution is 2.29. The van der Waals surface area contributed by atoms with Gasteiger partial charge >= 0.3 is 11.9 Å². The number of hydrogen-bond acceptors (Lipinski definition) is 5. The number of carbonyl (C=O) groups is 2. The number of benzene rings is 1. The first-order valence-corrected chi connectivity index (χ1v) is 6.66. The van der Waals surface area contributed by atoms with Crippen LogP contribution >= 0.6 is 27.5 Å². The molecular formula is C13H13BrClNO4. The van der Waals surface area contributed by atoms with Gasteiger partial charge in [-0.25, -0.2) is 9.59 Å². The summed E-state index contributed by atoms with van der Waals surface area (Å²) in [5, 5.41) is 3.28. The van der Waals surface area contributed by atoms with E-state index in [-0.39, 0.29) is 5.70 Å². The van der Waals surface area contributed by atoms with Crippen LogP contribution in [0.15, 0.2) is 28.4 Å². The van der Waals surface area contributed by atoms with Crippen molar-refractivity contribution in [1.82, 2.24) is 0 Å². The molecule has 0 amide bonds. The molecule has 1 aromatic rings. The average molecular weight is 363 g/mol. The number of esters is 2. The number of ether oxygens (including phenoxy) is 2. The largest absolute Gasteiger partial charge is 0.466 e. The summed E-state index contributed by atoms with van der Waals surface area (Å²) in [6, 6.07) is 3.42.